The van der Waals surface area contributed by atoms with Crippen LogP contribution in [0.2, 0.25) is 0 Å². The first-order chi connectivity index (χ1) is 12.4. The molecule has 1 atom stereocenters. The normalized spacial score (nSPS) is 19.0. The summed E-state index contributed by atoms with van der Waals surface area (Å²) in [4.78, 5) is 12.4. The van der Waals surface area contributed by atoms with Gasteiger partial charge in [0.1, 0.15) is 4.21 Å². The number of hydrogen-bond acceptors (Lipinski definition) is 4. The fourth-order valence-corrected chi connectivity index (χ4v) is 6.11. The van der Waals surface area contributed by atoms with E-state index in [2.05, 4.69) is 5.32 Å². The molecule has 26 heavy (non-hydrogen) atoms. The minimum atomic E-state index is -3.58. The highest BCUT2D eigenvalue weighted by molar-refractivity contribution is 7.91. The van der Waals surface area contributed by atoms with Gasteiger partial charge in [-0.1, -0.05) is 24.3 Å². The Bertz CT molecular complexity index is 932. The number of rotatable bonds is 5. The zero-order chi connectivity index (χ0) is 18.3. The molecule has 1 aromatic carbocycles. The van der Waals surface area contributed by atoms with Gasteiger partial charge in [0.15, 0.2) is 0 Å². The van der Waals surface area contributed by atoms with E-state index in [4.69, 9.17) is 0 Å². The fraction of sp³-hybridized carbons (Fsp3) is 0.421. The molecule has 0 saturated heterocycles. The van der Waals surface area contributed by atoms with Crippen molar-refractivity contribution in [3.8, 4) is 0 Å². The molecule has 1 aromatic heterocycles. The van der Waals surface area contributed by atoms with Crippen LogP contribution in [-0.4, -0.2) is 31.2 Å². The van der Waals surface area contributed by atoms with Crippen molar-refractivity contribution in [1.29, 1.82) is 0 Å². The molecule has 0 bridgehead atoms. The van der Waals surface area contributed by atoms with E-state index in [0.29, 0.717) is 31.0 Å². The zero-order valence-electron chi connectivity index (χ0n) is 14.6. The topological polar surface area (TPSA) is 66.5 Å². The molecule has 2 aromatic rings. The van der Waals surface area contributed by atoms with Crippen LogP contribution in [-0.2, 0) is 23.0 Å². The van der Waals surface area contributed by atoms with Crippen molar-refractivity contribution in [2.75, 3.05) is 6.54 Å². The lowest BCUT2D eigenvalue weighted by Gasteiger charge is -2.27. The summed E-state index contributed by atoms with van der Waals surface area (Å²) in [5.74, 6) is 0.375. The van der Waals surface area contributed by atoms with E-state index in [-0.39, 0.29) is 16.2 Å². The molecule has 0 spiro atoms. The average molecular weight is 391 g/mol. The Morgan fingerprint density at radius 2 is 2.00 bits per heavy atom. The third-order valence-corrected chi connectivity index (χ3v) is 8.48. The number of sulfonamides is 1. The molecule has 138 valence electrons. The summed E-state index contributed by atoms with van der Waals surface area (Å²) in [7, 11) is -3.58. The van der Waals surface area contributed by atoms with Crippen LogP contribution in [0.1, 0.15) is 41.3 Å². The van der Waals surface area contributed by atoms with Crippen LogP contribution in [0, 0.1) is 5.92 Å². The maximum atomic E-state index is 13.0. The molecule has 1 saturated carbocycles. The molecular weight excluding hydrogens is 368 g/mol. The van der Waals surface area contributed by atoms with Gasteiger partial charge in [-0.2, -0.15) is 4.31 Å². The van der Waals surface area contributed by atoms with Crippen LogP contribution in [0.15, 0.2) is 39.9 Å². The molecule has 1 fully saturated rings. The molecule has 1 aliphatic heterocycles. The Balaban J connectivity index is 1.50. The Kier molecular flexibility index (Phi) is 4.62. The third kappa shape index (κ3) is 3.43. The second kappa shape index (κ2) is 6.79. The van der Waals surface area contributed by atoms with Gasteiger partial charge >= 0.3 is 0 Å². The van der Waals surface area contributed by atoms with E-state index in [1.54, 1.807) is 5.38 Å². The largest absolute Gasteiger partial charge is 0.349 e. The van der Waals surface area contributed by atoms with Gasteiger partial charge in [-0.15, -0.1) is 11.3 Å². The van der Waals surface area contributed by atoms with Crippen LogP contribution in [0.5, 0.6) is 0 Å². The van der Waals surface area contributed by atoms with Gasteiger partial charge in [-0.3, -0.25) is 4.79 Å². The molecule has 0 unspecified atom stereocenters. The minimum Gasteiger partial charge on any atom is -0.349 e. The molecule has 5 nitrogen and oxygen atoms in total. The van der Waals surface area contributed by atoms with Gasteiger partial charge in [-0.25, -0.2) is 8.42 Å². The standard InChI is InChI=1S/C19H22N2O3S2/c1-13(14-6-7-14)20-19(22)17-10-18(25-12-17)26(23,24)21-9-8-15-4-2-3-5-16(15)11-21/h2-5,10,12-14H,6-9,11H2,1H3,(H,20,22)/t13-/m1/s1. The van der Waals surface area contributed by atoms with Gasteiger partial charge < -0.3 is 5.32 Å². The van der Waals surface area contributed by atoms with Gasteiger partial charge in [0, 0.05) is 24.5 Å². The summed E-state index contributed by atoms with van der Waals surface area (Å²) in [6.45, 7) is 2.86. The highest BCUT2D eigenvalue weighted by atomic mass is 32.2. The van der Waals surface area contributed by atoms with Crippen molar-refractivity contribution >= 4 is 27.3 Å². The summed E-state index contributed by atoms with van der Waals surface area (Å²) in [6.07, 6.45) is 3.02. The van der Waals surface area contributed by atoms with E-state index in [9.17, 15) is 13.2 Å². The molecule has 4 rings (SSSR count). The molecule has 2 aliphatic rings. The Hall–Kier alpha value is -1.70. The van der Waals surface area contributed by atoms with Crippen LogP contribution in [0.3, 0.4) is 0 Å². The summed E-state index contributed by atoms with van der Waals surface area (Å²) in [5, 5.41) is 4.61. The molecule has 1 N–H and O–H groups in total. The Morgan fingerprint density at radius 1 is 1.27 bits per heavy atom. The number of carbonyl (C=O) groups excluding carboxylic acids is 1. The number of fused-ring (bicyclic) bond motifs is 1. The average Bonchev–Trinajstić information content (AvgIpc) is 3.37. The lowest BCUT2D eigenvalue weighted by molar-refractivity contribution is 0.0936. The highest BCUT2D eigenvalue weighted by Gasteiger charge is 2.31. The van der Waals surface area contributed by atoms with Crippen molar-refractivity contribution in [2.45, 2.75) is 43.0 Å². The van der Waals surface area contributed by atoms with Crippen molar-refractivity contribution in [3.63, 3.8) is 0 Å². The van der Waals surface area contributed by atoms with Gasteiger partial charge in [-0.05, 0) is 49.3 Å². The van der Waals surface area contributed by atoms with Crippen LogP contribution in [0.4, 0.5) is 0 Å². The summed E-state index contributed by atoms with van der Waals surface area (Å²) >= 11 is 1.12. The van der Waals surface area contributed by atoms with Crippen molar-refractivity contribution in [3.05, 3.63) is 52.4 Å². The minimum absolute atomic E-state index is 0.140. The maximum absolute atomic E-state index is 13.0. The maximum Gasteiger partial charge on any atom is 0.252 e. The molecule has 1 amide bonds. The van der Waals surface area contributed by atoms with Crippen molar-refractivity contribution in [1.82, 2.24) is 9.62 Å². The van der Waals surface area contributed by atoms with Crippen LogP contribution >= 0.6 is 11.3 Å². The van der Waals surface area contributed by atoms with Crippen LogP contribution in [0.25, 0.3) is 0 Å². The zero-order valence-corrected chi connectivity index (χ0v) is 16.3. The quantitative estimate of drug-likeness (QED) is 0.853. The first-order valence-electron chi connectivity index (χ1n) is 8.91. The van der Waals surface area contributed by atoms with E-state index in [1.165, 1.54) is 15.9 Å². The molecule has 0 radical (unpaired) electrons. The summed E-state index contributed by atoms with van der Waals surface area (Å²) < 4.78 is 27.7. The predicted molar refractivity (Wildman–Crippen MR) is 102 cm³/mol. The lowest BCUT2D eigenvalue weighted by Crippen LogP contribution is -2.35. The fourth-order valence-electron chi connectivity index (χ4n) is 3.38. The van der Waals surface area contributed by atoms with E-state index >= 15 is 0 Å². The summed E-state index contributed by atoms with van der Waals surface area (Å²) in [6, 6.07) is 9.59. The number of benzene rings is 1. The molecular formula is C19H22N2O3S2. The number of nitrogens with one attached hydrogen (secondary N) is 1. The second-order valence-corrected chi connectivity index (χ2v) is 10.2. The smallest absolute Gasteiger partial charge is 0.252 e. The van der Waals surface area contributed by atoms with E-state index in [1.807, 2.05) is 31.2 Å². The number of carbonyl (C=O) groups is 1. The Morgan fingerprint density at radius 3 is 2.73 bits per heavy atom. The number of thiophene rings is 1. The lowest BCUT2D eigenvalue weighted by atomic mass is 10.0. The van der Waals surface area contributed by atoms with Crippen LogP contribution < -0.4 is 5.32 Å². The Labute approximate surface area is 158 Å². The van der Waals surface area contributed by atoms with Gasteiger partial charge in [0.25, 0.3) is 15.9 Å². The first kappa shape index (κ1) is 17.7. The first-order valence-corrected chi connectivity index (χ1v) is 11.2. The van der Waals surface area contributed by atoms with E-state index < -0.39 is 10.0 Å². The van der Waals surface area contributed by atoms with Crippen molar-refractivity contribution in [2.24, 2.45) is 5.92 Å². The number of nitrogens with zero attached hydrogens (tertiary/aromatic N) is 1. The number of hydrogen-bond donors (Lipinski definition) is 1. The number of amides is 1. The van der Waals surface area contributed by atoms with Gasteiger partial charge in [0.05, 0.1) is 5.56 Å². The predicted octanol–water partition coefficient (Wildman–Crippen LogP) is 3.02. The molecule has 2 heterocycles. The van der Waals surface area contributed by atoms with E-state index in [0.717, 1.165) is 29.7 Å². The third-order valence-electron chi connectivity index (χ3n) is 5.22. The molecule has 7 heteroatoms. The monoisotopic (exact) mass is 390 g/mol. The second-order valence-electron chi connectivity index (χ2n) is 7.11. The summed E-state index contributed by atoms with van der Waals surface area (Å²) in [5.41, 5.74) is 2.69. The van der Waals surface area contributed by atoms with Gasteiger partial charge in [0.2, 0.25) is 0 Å². The highest BCUT2D eigenvalue weighted by Crippen LogP contribution is 2.33. The SMILES string of the molecule is C[C@@H](NC(=O)c1csc(S(=O)(=O)N2CCc3ccccc3C2)c1)C1CC1. The molecule has 1 aliphatic carbocycles. The van der Waals surface area contributed by atoms with Crippen molar-refractivity contribution < 1.29 is 13.2 Å².